The van der Waals surface area contributed by atoms with Crippen molar-refractivity contribution in [1.29, 1.82) is 0 Å². The minimum atomic E-state index is -1.84. The molecule has 0 aliphatic rings. The largest absolute Gasteiger partial charge is 0.479 e. The quantitative estimate of drug-likeness (QED) is 0.787. The van der Waals surface area contributed by atoms with Gasteiger partial charge in [0.15, 0.2) is 5.58 Å². The van der Waals surface area contributed by atoms with E-state index in [9.17, 15) is 14.7 Å². The van der Waals surface area contributed by atoms with Gasteiger partial charge in [-0.2, -0.15) is 0 Å². The number of aliphatic carboxylic acids is 1. The van der Waals surface area contributed by atoms with Crippen molar-refractivity contribution in [1.82, 2.24) is 4.98 Å². The number of hydrogen-bond donors (Lipinski definition) is 2. The van der Waals surface area contributed by atoms with E-state index in [1.807, 2.05) is 0 Å². The molecule has 7 nitrogen and oxygen atoms in total. The number of aliphatic hydroxyl groups is 1. The van der Waals surface area contributed by atoms with Gasteiger partial charge < -0.3 is 19.4 Å². The van der Waals surface area contributed by atoms with Crippen LogP contribution in [0.3, 0.4) is 0 Å². The Morgan fingerprint density at radius 2 is 2.20 bits per heavy atom. The van der Waals surface area contributed by atoms with Crippen molar-refractivity contribution in [2.75, 3.05) is 6.61 Å². The maximum absolute atomic E-state index is 11.5. The van der Waals surface area contributed by atoms with Gasteiger partial charge in [0.25, 0.3) is 0 Å². The lowest BCUT2D eigenvalue weighted by atomic mass is 10.1. The lowest BCUT2D eigenvalue weighted by Gasteiger charge is -2.02. The molecular weight excluding hydrogens is 266 g/mol. The topological polar surface area (TPSA) is 110 Å². The van der Waals surface area contributed by atoms with E-state index in [4.69, 9.17) is 14.3 Å². The lowest BCUT2D eigenvalue weighted by Crippen LogP contribution is -2.10. The molecule has 0 spiro atoms. The number of nitrogens with zero attached hydrogens (tertiary/aromatic N) is 1. The fraction of sp³-hybridized carbons (Fsp3) is 0.308. The molecule has 0 amide bonds. The number of oxazole rings is 1. The Morgan fingerprint density at radius 1 is 1.45 bits per heavy atom. The number of carbonyl (C=O) groups excluding carboxylic acids is 1. The molecular formula is C13H13NO6. The average Bonchev–Trinajstić information content (AvgIpc) is 2.83. The minimum absolute atomic E-state index is 0.0109. The molecule has 1 heterocycles. The number of benzene rings is 1. The summed E-state index contributed by atoms with van der Waals surface area (Å²) >= 11 is 0. The van der Waals surface area contributed by atoms with Crippen molar-refractivity contribution < 1.29 is 29.0 Å². The molecule has 0 radical (unpaired) electrons. The monoisotopic (exact) mass is 279 g/mol. The first kappa shape index (κ1) is 14.0. The highest BCUT2D eigenvalue weighted by atomic mass is 16.5. The third-order valence-corrected chi connectivity index (χ3v) is 2.62. The van der Waals surface area contributed by atoms with E-state index in [1.165, 1.54) is 0 Å². The Morgan fingerprint density at radius 3 is 2.85 bits per heavy atom. The number of rotatable bonds is 5. The van der Waals surface area contributed by atoms with E-state index >= 15 is 0 Å². The summed E-state index contributed by atoms with van der Waals surface area (Å²) in [6.07, 6.45) is -1.85. The van der Waals surface area contributed by atoms with Gasteiger partial charge in [-0.1, -0.05) is 12.1 Å². The molecule has 1 unspecified atom stereocenters. The number of aliphatic hydroxyl groups excluding tert-OH is 1. The number of esters is 1. The Bertz CT molecular complexity index is 647. The summed E-state index contributed by atoms with van der Waals surface area (Å²) in [6.45, 7) is 1.97. The predicted molar refractivity (Wildman–Crippen MR) is 66.9 cm³/mol. The summed E-state index contributed by atoms with van der Waals surface area (Å²) < 4.78 is 10.1. The van der Waals surface area contributed by atoms with Gasteiger partial charge in [0, 0.05) is 5.56 Å². The van der Waals surface area contributed by atoms with Crippen LogP contribution in [0.5, 0.6) is 0 Å². The Labute approximate surface area is 113 Å². The number of carboxylic acids is 1. The number of carbonyl (C=O) groups is 2. The molecule has 0 aliphatic carbocycles. The normalized spacial score (nSPS) is 12.3. The van der Waals surface area contributed by atoms with Gasteiger partial charge in [-0.25, -0.2) is 9.78 Å². The van der Waals surface area contributed by atoms with Crippen molar-refractivity contribution in [3.8, 4) is 0 Å². The first-order valence-electron chi connectivity index (χ1n) is 5.97. The second kappa shape index (κ2) is 5.70. The van der Waals surface area contributed by atoms with Crippen LogP contribution in [0, 0.1) is 0 Å². The number of ether oxygens (including phenoxy) is 1. The summed E-state index contributed by atoms with van der Waals surface area (Å²) in [4.78, 5) is 26.1. The number of carboxylic acid groups (broad SMARTS) is 1. The van der Waals surface area contributed by atoms with Crippen LogP contribution in [-0.4, -0.2) is 33.7 Å². The third-order valence-electron chi connectivity index (χ3n) is 2.62. The first-order chi connectivity index (χ1) is 9.52. The smallest absolute Gasteiger partial charge is 0.342 e. The van der Waals surface area contributed by atoms with Crippen molar-refractivity contribution in [2.24, 2.45) is 0 Å². The molecule has 0 saturated heterocycles. The van der Waals surface area contributed by atoms with Crippen LogP contribution in [0.4, 0.5) is 0 Å². The van der Waals surface area contributed by atoms with Crippen LogP contribution in [0.2, 0.25) is 0 Å². The summed E-state index contributed by atoms with van der Waals surface area (Å²) in [5.41, 5.74) is 1.18. The highest BCUT2D eigenvalue weighted by Gasteiger charge is 2.23. The van der Waals surface area contributed by atoms with Gasteiger partial charge in [0.2, 0.25) is 12.0 Å². The number of aromatic nitrogens is 1. The maximum atomic E-state index is 11.5. The molecule has 1 atom stereocenters. The number of fused-ring (bicyclic) bond motifs is 1. The highest BCUT2D eigenvalue weighted by molar-refractivity contribution is 5.83. The Kier molecular flexibility index (Phi) is 3.99. The van der Waals surface area contributed by atoms with Crippen LogP contribution in [0.15, 0.2) is 22.6 Å². The summed E-state index contributed by atoms with van der Waals surface area (Å²) in [5, 5.41) is 18.1. The molecule has 1 aromatic heterocycles. The molecule has 0 aliphatic heterocycles. The van der Waals surface area contributed by atoms with Crippen LogP contribution in [0.25, 0.3) is 11.1 Å². The minimum Gasteiger partial charge on any atom is -0.479 e. The molecule has 0 fully saturated rings. The van der Waals surface area contributed by atoms with Gasteiger partial charge in [0.05, 0.1) is 13.0 Å². The Balaban J connectivity index is 2.37. The summed E-state index contributed by atoms with van der Waals surface area (Å²) in [7, 11) is 0. The third kappa shape index (κ3) is 2.77. The molecule has 20 heavy (non-hydrogen) atoms. The SMILES string of the molecule is CCOC(=O)Cc1cccc2nc(C(O)C(=O)O)oc12. The van der Waals surface area contributed by atoms with E-state index in [-0.39, 0.29) is 24.5 Å². The van der Waals surface area contributed by atoms with E-state index in [0.29, 0.717) is 11.1 Å². The first-order valence-corrected chi connectivity index (χ1v) is 5.97. The van der Waals surface area contributed by atoms with E-state index in [1.54, 1.807) is 25.1 Å². The molecule has 0 saturated carbocycles. The second-order valence-electron chi connectivity index (χ2n) is 4.04. The Hall–Kier alpha value is -2.41. The van der Waals surface area contributed by atoms with Crippen molar-refractivity contribution in [2.45, 2.75) is 19.4 Å². The van der Waals surface area contributed by atoms with Crippen LogP contribution in [0.1, 0.15) is 24.5 Å². The van der Waals surface area contributed by atoms with Gasteiger partial charge >= 0.3 is 11.9 Å². The predicted octanol–water partition coefficient (Wildman–Crippen LogP) is 1.05. The number of hydrogen-bond acceptors (Lipinski definition) is 6. The van der Waals surface area contributed by atoms with E-state index in [0.717, 1.165) is 0 Å². The fourth-order valence-electron chi connectivity index (χ4n) is 1.75. The average molecular weight is 279 g/mol. The lowest BCUT2D eigenvalue weighted by molar-refractivity contribution is -0.148. The van der Waals surface area contributed by atoms with Crippen LogP contribution in [-0.2, 0) is 20.7 Å². The van der Waals surface area contributed by atoms with Gasteiger partial charge in [-0.05, 0) is 13.0 Å². The molecule has 2 N–H and O–H groups in total. The molecule has 1 aromatic carbocycles. The standard InChI is InChI=1S/C13H13NO6/c1-2-19-9(15)6-7-4-3-5-8-11(7)20-12(14-8)10(16)13(17)18/h3-5,10,16H,2,6H2,1H3,(H,17,18). The zero-order valence-electron chi connectivity index (χ0n) is 10.7. The van der Waals surface area contributed by atoms with Crippen molar-refractivity contribution >= 4 is 23.0 Å². The molecule has 2 aromatic rings. The van der Waals surface area contributed by atoms with Crippen molar-refractivity contribution in [3.05, 3.63) is 29.7 Å². The second-order valence-corrected chi connectivity index (χ2v) is 4.04. The molecule has 0 bridgehead atoms. The van der Waals surface area contributed by atoms with Crippen LogP contribution >= 0.6 is 0 Å². The number of para-hydroxylation sites is 1. The van der Waals surface area contributed by atoms with Gasteiger partial charge in [-0.15, -0.1) is 0 Å². The molecule has 2 rings (SSSR count). The molecule has 7 heteroatoms. The maximum Gasteiger partial charge on any atom is 0.342 e. The van der Waals surface area contributed by atoms with E-state index < -0.39 is 18.0 Å². The van der Waals surface area contributed by atoms with Crippen LogP contribution < -0.4 is 0 Å². The zero-order chi connectivity index (χ0) is 14.7. The summed E-state index contributed by atoms with van der Waals surface area (Å²) in [5.74, 6) is -2.19. The highest BCUT2D eigenvalue weighted by Crippen LogP contribution is 2.24. The van der Waals surface area contributed by atoms with Crippen molar-refractivity contribution in [3.63, 3.8) is 0 Å². The zero-order valence-corrected chi connectivity index (χ0v) is 10.7. The molecule has 106 valence electrons. The fourth-order valence-corrected chi connectivity index (χ4v) is 1.75. The van der Waals surface area contributed by atoms with Gasteiger partial charge in [-0.3, -0.25) is 4.79 Å². The van der Waals surface area contributed by atoms with Gasteiger partial charge in [0.1, 0.15) is 5.52 Å². The summed E-state index contributed by atoms with van der Waals surface area (Å²) in [6, 6.07) is 4.92. The van der Waals surface area contributed by atoms with E-state index in [2.05, 4.69) is 4.98 Å².